The SMILES string of the molecule is O=C1CC=[N+]1C(=C(O)O)S(=O)c1ccccc1. The maximum Gasteiger partial charge on any atom is 0.403 e. The van der Waals surface area contributed by atoms with Crippen molar-refractivity contribution in [1.82, 2.24) is 0 Å². The molecule has 1 heterocycles. The highest BCUT2D eigenvalue weighted by Crippen LogP contribution is 2.19. The third-order valence-corrected chi connectivity index (χ3v) is 3.69. The van der Waals surface area contributed by atoms with Crippen LogP contribution < -0.4 is 0 Å². The molecule has 2 N–H and O–H groups in total. The molecule has 88 valence electrons. The number of hydrogen-bond acceptors (Lipinski definition) is 4. The van der Waals surface area contributed by atoms with E-state index in [1.54, 1.807) is 30.3 Å². The lowest BCUT2D eigenvalue weighted by Crippen LogP contribution is -2.33. The zero-order valence-electron chi connectivity index (χ0n) is 8.74. The van der Waals surface area contributed by atoms with Crippen LogP contribution in [0.4, 0.5) is 0 Å². The van der Waals surface area contributed by atoms with Gasteiger partial charge in [0.1, 0.15) is 0 Å². The number of benzene rings is 1. The molecule has 17 heavy (non-hydrogen) atoms. The highest BCUT2D eigenvalue weighted by molar-refractivity contribution is 7.88. The highest BCUT2D eigenvalue weighted by Gasteiger charge is 2.39. The predicted molar refractivity (Wildman–Crippen MR) is 61.1 cm³/mol. The summed E-state index contributed by atoms with van der Waals surface area (Å²) < 4.78 is 13.1. The molecule has 1 atom stereocenters. The molecule has 1 unspecified atom stereocenters. The molecule has 6 heteroatoms. The van der Waals surface area contributed by atoms with Crippen molar-refractivity contribution in [3.63, 3.8) is 0 Å². The normalized spacial score (nSPS) is 15.8. The largest absolute Gasteiger partial charge is 0.476 e. The molecule has 5 nitrogen and oxygen atoms in total. The van der Waals surface area contributed by atoms with Gasteiger partial charge in [0.25, 0.3) is 0 Å². The van der Waals surface area contributed by atoms with E-state index in [2.05, 4.69) is 0 Å². The van der Waals surface area contributed by atoms with Gasteiger partial charge in [-0.25, -0.2) is 9.00 Å². The summed E-state index contributed by atoms with van der Waals surface area (Å²) in [4.78, 5) is 11.6. The van der Waals surface area contributed by atoms with Crippen LogP contribution in [0.3, 0.4) is 0 Å². The minimum Gasteiger partial charge on any atom is -0.476 e. The minimum atomic E-state index is -1.80. The van der Waals surface area contributed by atoms with E-state index in [1.807, 2.05) is 0 Å². The first-order valence-corrected chi connectivity index (χ1v) is 6.00. The fraction of sp³-hybridized carbons (Fsp3) is 0.0909. The van der Waals surface area contributed by atoms with E-state index in [9.17, 15) is 9.00 Å². The molecule has 1 aromatic rings. The van der Waals surface area contributed by atoms with Crippen LogP contribution in [0.1, 0.15) is 6.42 Å². The molecule has 2 rings (SSSR count). The van der Waals surface area contributed by atoms with Crippen molar-refractivity contribution in [3.8, 4) is 0 Å². The van der Waals surface area contributed by atoms with Crippen molar-refractivity contribution in [2.45, 2.75) is 11.3 Å². The Kier molecular flexibility index (Phi) is 3.06. The molecule has 1 aromatic carbocycles. The van der Waals surface area contributed by atoms with Gasteiger partial charge in [0.05, 0.1) is 4.90 Å². The Morgan fingerprint density at radius 2 is 1.88 bits per heavy atom. The summed E-state index contributed by atoms with van der Waals surface area (Å²) in [5.41, 5.74) is 0. The van der Waals surface area contributed by atoms with Gasteiger partial charge < -0.3 is 10.2 Å². The summed E-state index contributed by atoms with van der Waals surface area (Å²) in [6.45, 7) is 0. The van der Waals surface area contributed by atoms with E-state index in [4.69, 9.17) is 10.2 Å². The van der Waals surface area contributed by atoms with Crippen LogP contribution in [-0.4, -0.2) is 31.1 Å². The lowest BCUT2D eigenvalue weighted by Gasteiger charge is -2.08. The molecule has 1 amide bonds. The number of aliphatic hydroxyl groups is 2. The molecule has 0 aliphatic carbocycles. The quantitative estimate of drug-likeness (QED) is 0.622. The van der Waals surface area contributed by atoms with Gasteiger partial charge in [-0.05, 0) is 12.1 Å². The highest BCUT2D eigenvalue weighted by atomic mass is 32.2. The van der Waals surface area contributed by atoms with Crippen LogP contribution in [0.2, 0.25) is 0 Å². The lowest BCUT2D eigenvalue weighted by atomic mass is 10.3. The van der Waals surface area contributed by atoms with Crippen LogP contribution in [-0.2, 0) is 15.6 Å². The maximum absolute atomic E-state index is 12.1. The van der Waals surface area contributed by atoms with Crippen LogP contribution in [0.5, 0.6) is 0 Å². The fourth-order valence-electron chi connectivity index (χ4n) is 1.39. The summed E-state index contributed by atoms with van der Waals surface area (Å²) in [7, 11) is -1.80. The standard InChI is InChI=1S/C11H9NO4S/c13-9-6-7-12(9)10(11(14)15)17(16)8-4-2-1-3-5-8/h1-5,7H,6H2,(H-,14,15)/p+1. The Morgan fingerprint density at radius 3 is 2.29 bits per heavy atom. The lowest BCUT2D eigenvalue weighted by molar-refractivity contribution is -0.406. The van der Waals surface area contributed by atoms with E-state index < -0.39 is 16.7 Å². The molecule has 0 spiro atoms. The topological polar surface area (TPSA) is 77.6 Å². The Hall–Kier alpha value is -1.95. The summed E-state index contributed by atoms with van der Waals surface area (Å²) in [6.07, 6.45) is 1.66. The molecule has 0 fully saturated rings. The van der Waals surface area contributed by atoms with Gasteiger partial charge in [-0.3, -0.25) is 0 Å². The Labute approximate surface area is 99.8 Å². The van der Waals surface area contributed by atoms with Crippen molar-refractivity contribution in [2.75, 3.05) is 0 Å². The third kappa shape index (κ3) is 2.12. The maximum atomic E-state index is 12.1. The predicted octanol–water partition coefficient (Wildman–Crippen LogP) is 1.05. The number of carbonyl (C=O) groups is 1. The Morgan fingerprint density at radius 1 is 1.24 bits per heavy atom. The number of nitrogens with zero attached hydrogens (tertiary/aromatic N) is 1. The molecular formula is C11H10NO4S+. The van der Waals surface area contributed by atoms with Gasteiger partial charge in [-0.1, -0.05) is 18.2 Å². The number of amides is 1. The molecule has 0 radical (unpaired) electrons. The Balaban J connectivity index is 2.41. The zero-order chi connectivity index (χ0) is 12.4. The van der Waals surface area contributed by atoms with E-state index in [-0.39, 0.29) is 17.4 Å². The van der Waals surface area contributed by atoms with Crippen molar-refractivity contribution in [2.24, 2.45) is 0 Å². The second kappa shape index (κ2) is 4.50. The van der Waals surface area contributed by atoms with E-state index in [1.165, 1.54) is 6.21 Å². The smallest absolute Gasteiger partial charge is 0.403 e. The van der Waals surface area contributed by atoms with Crippen molar-refractivity contribution < 1.29 is 23.8 Å². The first-order chi connectivity index (χ1) is 8.11. The van der Waals surface area contributed by atoms with Crippen LogP contribution in [0.15, 0.2) is 46.2 Å². The zero-order valence-corrected chi connectivity index (χ0v) is 9.55. The van der Waals surface area contributed by atoms with E-state index in [0.717, 1.165) is 4.58 Å². The summed E-state index contributed by atoms with van der Waals surface area (Å²) in [6, 6.07) is 8.29. The summed E-state index contributed by atoms with van der Waals surface area (Å²) in [5, 5.41) is 18.0. The molecule has 0 saturated heterocycles. The van der Waals surface area contributed by atoms with Gasteiger partial charge in [0.2, 0.25) is 0 Å². The molecule has 0 saturated carbocycles. The second-order valence-electron chi connectivity index (χ2n) is 3.36. The molecule has 0 aromatic heterocycles. The van der Waals surface area contributed by atoms with Crippen molar-refractivity contribution in [1.29, 1.82) is 0 Å². The average molecular weight is 252 g/mol. The van der Waals surface area contributed by atoms with Crippen LogP contribution in [0, 0.1) is 0 Å². The van der Waals surface area contributed by atoms with Crippen LogP contribution in [0.25, 0.3) is 0 Å². The van der Waals surface area contributed by atoms with Gasteiger partial charge in [0.15, 0.2) is 23.4 Å². The van der Waals surface area contributed by atoms with Gasteiger partial charge in [-0.15, -0.1) is 4.58 Å². The first-order valence-electron chi connectivity index (χ1n) is 4.85. The number of carbonyl (C=O) groups excluding carboxylic acids is 1. The number of rotatable bonds is 3. The van der Waals surface area contributed by atoms with E-state index in [0.29, 0.717) is 4.90 Å². The van der Waals surface area contributed by atoms with Gasteiger partial charge in [-0.2, -0.15) is 0 Å². The van der Waals surface area contributed by atoms with Crippen molar-refractivity contribution >= 4 is 22.9 Å². The molecule has 1 aliphatic rings. The second-order valence-corrected chi connectivity index (χ2v) is 4.76. The molecular weight excluding hydrogens is 242 g/mol. The Bertz CT molecular complexity index is 544. The molecule has 0 bridgehead atoms. The average Bonchev–Trinajstić information content (AvgIpc) is 2.33. The number of aliphatic hydroxyl groups excluding tert-OH is 1. The van der Waals surface area contributed by atoms with E-state index >= 15 is 0 Å². The van der Waals surface area contributed by atoms with Crippen LogP contribution >= 0.6 is 0 Å². The minimum absolute atomic E-state index is 0.211. The molecule has 1 aliphatic heterocycles. The number of hydrogen-bond donors (Lipinski definition) is 2. The third-order valence-electron chi connectivity index (χ3n) is 2.26. The monoisotopic (exact) mass is 252 g/mol. The summed E-state index contributed by atoms with van der Waals surface area (Å²) in [5.74, 6) is -1.42. The summed E-state index contributed by atoms with van der Waals surface area (Å²) >= 11 is 0. The fourth-order valence-corrected chi connectivity index (χ4v) is 2.54. The van der Waals surface area contributed by atoms with Crippen molar-refractivity contribution in [3.05, 3.63) is 41.3 Å². The first kappa shape index (κ1) is 11.5. The van der Waals surface area contributed by atoms with Gasteiger partial charge >= 0.3 is 16.9 Å². The van der Waals surface area contributed by atoms with Gasteiger partial charge in [0, 0.05) is 0 Å².